The van der Waals surface area contributed by atoms with Gasteiger partial charge in [0.15, 0.2) is 0 Å². The molecule has 0 heterocycles. The summed E-state index contributed by atoms with van der Waals surface area (Å²) in [5.74, 6) is -1.30. The minimum atomic E-state index is -1.09. The van der Waals surface area contributed by atoms with Crippen molar-refractivity contribution >= 4 is 46.8 Å². The Morgan fingerprint density at radius 3 is 2.50 bits per heavy atom. The lowest BCUT2D eigenvalue weighted by atomic mass is 10.3. The van der Waals surface area contributed by atoms with E-state index in [0.29, 0.717) is 0 Å². The number of carbonyl (C=O) groups excluding carboxylic acids is 1. The van der Waals surface area contributed by atoms with Crippen LogP contribution in [0.2, 0.25) is 0 Å². The molecule has 0 aromatic rings. The molecular formula is C7H9Cl2NO3S. The number of hydrogen-bond acceptors (Lipinski definition) is 3. The fourth-order valence-corrected chi connectivity index (χ4v) is 1.65. The van der Waals surface area contributed by atoms with Crippen LogP contribution >= 0.6 is 35.0 Å². The maximum Gasteiger partial charge on any atom is 0.327 e. The average Bonchev–Trinajstić information content (AvgIpc) is 2.00. The van der Waals surface area contributed by atoms with E-state index in [9.17, 15) is 9.59 Å². The molecule has 0 saturated carbocycles. The molecule has 0 aromatic heterocycles. The van der Waals surface area contributed by atoms with Gasteiger partial charge >= 0.3 is 5.97 Å². The van der Waals surface area contributed by atoms with Gasteiger partial charge in [-0.05, 0) is 0 Å². The minimum absolute atomic E-state index is 0.0574. The van der Waals surface area contributed by atoms with Crippen molar-refractivity contribution in [2.45, 2.75) is 13.0 Å². The molecule has 0 radical (unpaired) electrons. The van der Waals surface area contributed by atoms with Crippen molar-refractivity contribution < 1.29 is 14.7 Å². The molecule has 0 rings (SSSR count). The van der Waals surface area contributed by atoms with Crippen molar-refractivity contribution in [3.8, 4) is 0 Å². The Balaban J connectivity index is 4.04. The number of carboxylic acid groups (broad SMARTS) is 1. The van der Waals surface area contributed by atoms with Gasteiger partial charge in [0.1, 0.15) is 10.5 Å². The maximum absolute atomic E-state index is 10.6. The Morgan fingerprint density at radius 1 is 1.57 bits per heavy atom. The topological polar surface area (TPSA) is 66.4 Å². The van der Waals surface area contributed by atoms with E-state index in [1.165, 1.54) is 12.3 Å². The first-order valence-corrected chi connectivity index (χ1v) is 5.36. The molecule has 0 aliphatic carbocycles. The van der Waals surface area contributed by atoms with Crippen molar-refractivity contribution in [2.24, 2.45) is 0 Å². The van der Waals surface area contributed by atoms with Gasteiger partial charge in [0.25, 0.3) is 0 Å². The van der Waals surface area contributed by atoms with Crippen molar-refractivity contribution in [3.05, 3.63) is 9.90 Å². The fourth-order valence-electron chi connectivity index (χ4n) is 0.627. The second-order valence-corrected chi connectivity index (χ2v) is 4.24. The molecule has 0 spiro atoms. The minimum Gasteiger partial charge on any atom is -0.480 e. The number of amides is 1. The summed E-state index contributed by atoms with van der Waals surface area (Å²) in [6.45, 7) is 1.25. The molecule has 0 aliphatic heterocycles. The second kappa shape index (κ2) is 6.98. The number of carbonyl (C=O) groups is 2. The number of hydrogen-bond donors (Lipinski definition) is 2. The highest BCUT2D eigenvalue weighted by Gasteiger charge is 2.17. The first-order valence-electron chi connectivity index (χ1n) is 3.56. The number of thioether (sulfide) groups is 1. The van der Waals surface area contributed by atoms with Crippen LogP contribution in [0.3, 0.4) is 0 Å². The van der Waals surface area contributed by atoms with Gasteiger partial charge in [0, 0.05) is 18.1 Å². The molecule has 0 bridgehead atoms. The van der Waals surface area contributed by atoms with E-state index in [2.05, 4.69) is 5.32 Å². The third-order valence-electron chi connectivity index (χ3n) is 1.11. The second-order valence-electron chi connectivity index (χ2n) is 2.33. The smallest absolute Gasteiger partial charge is 0.327 e. The van der Waals surface area contributed by atoms with Crippen LogP contribution in [0.5, 0.6) is 0 Å². The van der Waals surface area contributed by atoms with Crippen LogP contribution in [0.4, 0.5) is 0 Å². The number of halogens is 2. The summed E-state index contributed by atoms with van der Waals surface area (Å²) in [6, 6.07) is -0.929. The highest BCUT2D eigenvalue weighted by molar-refractivity contribution is 8.02. The van der Waals surface area contributed by atoms with Crippen molar-refractivity contribution in [1.82, 2.24) is 5.32 Å². The van der Waals surface area contributed by atoms with Crippen LogP contribution in [-0.4, -0.2) is 28.8 Å². The Hall–Kier alpha value is -0.390. The van der Waals surface area contributed by atoms with Crippen LogP contribution in [0.1, 0.15) is 6.92 Å². The predicted molar refractivity (Wildman–Crippen MR) is 57.5 cm³/mol. The van der Waals surface area contributed by atoms with Crippen molar-refractivity contribution in [2.75, 3.05) is 5.75 Å². The molecule has 4 nitrogen and oxygen atoms in total. The largest absolute Gasteiger partial charge is 0.480 e. The first kappa shape index (κ1) is 13.6. The molecule has 0 saturated heterocycles. The Kier molecular flexibility index (Phi) is 6.78. The first-order chi connectivity index (χ1) is 6.43. The Morgan fingerprint density at radius 2 is 2.14 bits per heavy atom. The molecule has 0 fully saturated rings. The Labute approximate surface area is 95.6 Å². The molecule has 0 aliphatic rings. The molecule has 1 amide bonds. The predicted octanol–water partition coefficient (Wildman–Crippen LogP) is 1.59. The van der Waals surface area contributed by atoms with Crippen LogP contribution in [-0.2, 0) is 9.59 Å². The summed E-state index contributed by atoms with van der Waals surface area (Å²) in [7, 11) is 0. The average molecular weight is 258 g/mol. The fraction of sp³-hybridized carbons (Fsp3) is 0.429. The van der Waals surface area contributed by atoms with Gasteiger partial charge in [-0.3, -0.25) is 4.79 Å². The number of aliphatic carboxylic acids is 1. The number of carboxylic acids is 1. The van der Waals surface area contributed by atoms with Gasteiger partial charge in [-0.15, -0.1) is 11.8 Å². The normalized spacial score (nSPS) is 11.6. The zero-order chi connectivity index (χ0) is 11.1. The van der Waals surface area contributed by atoms with Gasteiger partial charge in [-0.2, -0.15) is 0 Å². The standard InChI is InChI=1S/C7H9Cl2NO3S/c1-4(11)10-5(7(12)13)2-14-3-6(8)9/h3,5H,2H2,1H3,(H,10,11)(H,12,13)/t5-/m0/s1. The summed E-state index contributed by atoms with van der Waals surface area (Å²) < 4.78 is 0.0574. The zero-order valence-corrected chi connectivity index (χ0v) is 9.62. The molecular weight excluding hydrogens is 249 g/mol. The highest BCUT2D eigenvalue weighted by atomic mass is 35.5. The highest BCUT2D eigenvalue weighted by Crippen LogP contribution is 2.14. The quantitative estimate of drug-likeness (QED) is 0.785. The molecule has 1 atom stereocenters. The van der Waals surface area contributed by atoms with E-state index in [-0.39, 0.29) is 16.2 Å². The molecule has 0 unspecified atom stereocenters. The van der Waals surface area contributed by atoms with Gasteiger partial charge in [-0.25, -0.2) is 4.79 Å². The van der Waals surface area contributed by atoms with E-state index in [0.717, 1.165) is 11.8 Å². The van der Waals surface area contributed by atoms with E-state index >= 15 is 0 Å². The molecule has 80 valence electrons. The Bertz CT molecular complexity index is 253. The number of rotatable bonds is 5. The third-order valence-corrected chi connectivity index (χ3v) is 2.52. The van der Waals surface area contributed by atoms with E-state index in [1.807, 2.05) is 0 Å². The summed E-state index contributed by atoms with van der Waals surface area (Å²) in [5.41, 5.74) is 0. The van der Waals surface area contributed by atoms with Crippen LogP contribution < -0.4 is 5.32 Å². The summed E-state index contributed by atoms with van der Waals surface area (Å²) in [4.78, 5) is 21.2. The number of nitrogens with one attached hydrogen (secondary N) is 1. The van der Waals surface area contributed by atoms with Gasteiger partial charge in [-0.1, -0.05) is 23.2 Å². The van der Waals surface area contributed by atoms with Crippen LogP contribution in [0.15, 0.2) is 9.90 Å². The molecule has 2 N–H and O–H groups in total. The molecule has 14 heavy (non-hydrogen) atoms. The van der Waals surface area contributed by atoms with Gasteiger partial charge in [0.2, 0.25) is 5.91 Å². The third kappa shape index (κ3) is 7.06. The molecule has 7 heteroatoms. The van der Waals surface area contributed by atoms with E-state index < -0.39 is 12.0 Å². The lowest BCUT2D eigenvalue weighted by molar-refractivity contribution is -0.140. The lowest BCUT2D eigenvalue weighted by Gasteiger charge is -2.10. The van der Waals surface area contributed by atoms with E-state index in [1.54, 1.807) is 0 Å². The summed E-state index contributed by atoms with van der Waals surface area (Å²) in [5, 5.41) is 12.4. The van der Waals surface area contributed by atoms with Gasteiger partial charge in [0.05, 0.1) is 0 Å². The maximum atomic E-state index is 10.6. The van der Waals surface area contributed by atoms with Crippen LogP contribution in [0, 0.1) is 0 Å². The van der Waals surface area contributed by atoms with Crippen molar-refractivity contribution in [3.63, 3.8) is 0 Å². The SMILES string of the molecule is CC(=O)N[C@@H](CSC=C(Cl)Cl)C(=O)O. The van der Waals surface area contributed by atoms with Crippen molar-refractivity contribution in [1.29, 1.82) is 0 Å². The monoisotopic (exact) mass is 257 g/mol. The zero-order valence-electron chi connectivity index (χ0n) is 7.29. The summed E-state index contributed by atoms with van der Waals surface area (Å²) in [6.07, 6.45) is 0. The van der Waals surface area contributed by atoms with E-state index in [4.69, 9.17) is 28.3 Å². The lowest BCUT2D eigenvalue weighted by Crippen LogP contribution is -2.41. The summed E-state index contributed by atoms with van der Waals surface area (Å²) >= 11 is 11.8. The molecule has 0 aromatic carbocycles. The van der Waals surface area contributed by atoms with Crippen LogP contribution in [0.25, 0.3) is 0 Å². The van der Waals surface area contributed by atoms with Gasteiger partial charge < -0.3 is 10.4 Å².